The fraction of sp³-hybridized carbons (Fsp3) is 0.875. The molecule has 13 heavy (non-hydrogen) atoms. The van der Waals surface area contributed by atoms with Gasteiger partial charge in [0.1, 0.15) is 0 Å². The van der Waals surface area contributed by atoms with Crippen LogP contribution in [0, 0.1) is 0 Å². The van der Waals surface area contributed by atoms with Crippen LogP contribution in [0.4, 0.5) is 0 Å². The van der Waals surface area contributed by atoms with Crippen LogP contribution >= 0.6 is 0 Å². The van der Waals surface area contributed by atoms with Crippen LogP contribution in [0.3, 0.4) is 0 Å². The Morgan fingerprint density at radius 3 is 2.31 bits per heavy atom. The molecule has 0 bridgehead atoms. The maximum absolute atomic E-state index is 11.2. The second-order valence-electron chi connectivity index (χ2n) is 3.12. The number of nitrogens with one attached hydrogen (secondary N) is 1. The molecule has 0 aliphatic heterocycles. The van der Waals surface area contributed by atoms with Crippen LogP contribution in [0.1, 0.15) is 27.2 Å². The molecule has 0 spiro atoms. The molecule has 5 heteroatoms. The van der Waals surface area contributed by atoms with Crippen molar-refractivity contribution >= 4 is 15.7 Å². The highest BCUT2D eigenvalue weighted by molar-refractivity contribution is 7.92. The number of sulfone groups is 1. The fourth-order valence-corrected chi connectivity index (χ4v) is 1.55. The minimum Gasteiger partial charge on any atom is -0.355 e. The lowest BCUT2D eigenvalue weighted by Gasteiger charge is -2.07. The normalized spacial score (nSPS) is 11.7. The van der Waals surface area contributed by atoms with E-state index >= 15 is 0 Å². The Hall–Kier alpha value is -0.580. The van der Waals surface area contributed by atoms with Crippen molar-refractivity contribution in [3.8, 4) is 0 Å². The summed E-state index contributed by atoms with van der Waals surface area (Å²) in [6.45, 7) is 5.22. The SMILES string of the molecule is CCC(=O)NCCS(=O)(=O)C(C)C. The Bertz CT molecular complexity index is 257. The molecule has 0 saturated heterocycles. The average molecular weight is 207 g/mol. The lowest BCUT2D eigenvalue weighted by Crippen LogP contribution is -2.30. The molecule has 0 fully saturated rings. The molecule has 0 radical (unpaired) electrons. The zero-order chi connectivity index (χ0) is 10.5. The molecule has 0 aromatic rings. The lowest BCUT2D eigenvalue weighted by atomic mass is 10.4. The molecule has 4 nitrogen and oxygen atoms in total. The third-order valence-electron chi connectivity index (χ3n) is 1.75. The Morgan fingerprint density at radius 2 is 1.92 bits per heavy atom. The maximum Gasteiger partial charge on any atom is 0.219 e. The number of rotatable bonds is 5. The molecular formula is C8H17NO3S. The first-order chi connectivity index (χ1) is 5.90. The predicted molar refractivity (Wildman–Crippen MR) is 52.2 cm³/mol. The zero-order valence-corrected chi connectivity index (χ0v) is 9.15. The van der Waals surface area contributed by atoms with Crippen molar-refractivity contribution in [1.82, 2.24) is 5.32 Å². The summed E-state index contributed by atoms with van der Waals surface area (Å²) in [4.78, 5) is 10.8. The highest BCUT2D eigenvalue weighted by atomic mass is 32.2. The molecule has 0 unspecified atom stereocenters. The molecule has 1 amide bonds. The van der Waals surface area contributed by atoms with Crippen LogP contribution in [0.25, 0.3) is 0 Å². The highest BCUT2D eigenvalue weighted by Crippen LogP contribution is 1.98. The van der Waals surface area contributed by atoms with E-state index in [1.807, 2.05) is 0 Å². The van der Waals surface area contributed by atoms with Gasteiger partial charge in [0.25, 0.3) is 0 Å². The number of hydrogen-bond donors (Lipinski definition) is 1. The topological polar surface area (TPSA) is 63.2 Å². The van der Waals surface area contributed by atoms with Gasteiger partial charge in [0.2, 0.25) is 5.91 Å². The van der Waals surface area contributed by atoms with Crippen molar-refractivity contribution < 1.29 is 13.2 Å². The van der Waals surface area contributed by atoms with Crippen LogP contribution in [0.2, 0.25) is 0 Å². The van der Waals surface area contributed by atoms with Crippen molar-refractivity contribution in [2.75, 3.05) is 12.3 Å². The van der Waals surface area contributed by atoms with Gasteiger partial charge < -0.3 is 5.32 Å². The van der Waals surface area contributed by atoms with E-state index in [2.05, 4.69) is 5.32 Å². The molecular weight excluding hydrogens is 190 g/mol. The van der Waals surface area contributed by atoms with Crippen LogP contribution < -0.4 is 5.32 Å². The molecule has 0 aromatic heterocycles. The van der Waals surface area contributed by atoms with Gasteiger partial charge in [-0.05, 0) is 13.8 Å². The third-order valence-corrected chi connectivity index (χ3v) is 3.96. The maximum atomic E-state index is 11.2. The summed E-state index contributed by atoms with van der Waals surface area (Å²) < 4.78 is 22.5. The van der Waals surface area contributed by atoms with Crippen molar-refractivity contribution in [1.29, 1.82) is 0 Å². The zero-order valence-electron chi connectivity index (χ0n) is 8.33. The first kappa shape index (κ1) is 12.4. The summed E-state index contributed by atoms with van der Waals surface area (Å²) in [6, 6.07) is 0. The van der Waals surface area contributed by atoms with Gasteiger partial charge in [0.05, 0.1) is 11.0 Å². The lowest BCUT2D eigenvalue weighted by molar-refractivity contribution is -0.120. The molecule has 0 aliphatic rings. The summed E-state index contributed by atoms with van der Waals surface area (Å²) in [5.74, 6) is -0.0879. The smallest absolute Gasteiger partial charge is 0.219 e. The van der Waals surface area contributed by atoms with Crippen LogP contribution in [0.5, 0.6) is 0 Å². The van der Waals surface area contributed by atoms with Gasteiger partial charge in [0, 0.05) is 13.0 Å². The minimum absolute atomic E-state index is 0.0242. The Kier molecular flexibility index (Phi) is 4.98. The molecule has 0 atom stereocenters. The van der Waals surface area contributed by atoms with Crippen LogP contribution in [0.15, 0.2) is 0 Å². The van der Waals surface area contributed by atoms with Gasteiger partial charge in [-0.1, -0.05) is 6.92 Å². The largest absolute Gasteiger partial charge is 0.355 e. The second-order valence-corrected chi connectivity index (χ2v) is 5.80. The number of carbonyl (C=O) groups is 1. The predicted octanol–water partition coefficient (Wildman–Crippen LogP) is 0.336. The van der Waals surface area contributed by atoms with E-state index in [1.54, 1.807) is 20.8 Å². The molecule has 78 valence electrons. The van der Waals surface area contributed by atoms with Gasteiger partial charge in [-0.2, -0.15) is 0 Å². The number of amides is 1. The quantitative estimate of drug-likeness (QED) is 0.707. The summed E-state index contributed by atoms with van der Waals surface area (Å²) in [6.07, 6.45) is 0.391. The van der Waals surface area contributed by atoms with E-state index in [-0.39, 0.29) is 23.5 Å². The summed E-state index contributed by atoms with van der Waals surface area (Å²) in [5, 5.41) is 2.16. The molecule has 0 aliphatic carbocycles. The van der Waals surface area contributed by atoms with Crippen molar-refractivity contribution in [3.05, 3.63) is 0 Å². The Morgan fingerprint density at radius 1 is 1.38 bits per heavy atom. The van der Waals surface area contributed by atoms with Crippen LogP contribution in [-0.4, -0.2) is 31.9 Å². The Labute approximate surface area is 79.6 Å². The highest BCUT2D eigenvalue weighted by Gasteiger charge is 2.15. The van der Waals surface area contributed by atoms with Crippen molar-refractivity contribution in [3.63, 3.8) is 0 Å². The van der Waals surface area contributed by atoms with E-state index in [0.29, 0.717) is 6.42 Å². The molecule has 0 heterocycles. The minimum atomic E-state index is -3.02. The van der Waals surface area contributed by atoms with Crippen molar-refractivity contribution in [2.24, 2.45) is 0 Å². The fourth-order valence-electron chi connectivity index (χ4n) is 0.693. The van der Waals surface area contributed by atoms with Gasteiger partial charge in [0.15, 0.2) is 9.84 Å². The number of carbonyl (C=O) groups excluding carboxylic acids is 1. The molecule has 0 rings (SSSR count). The van der Waals surface area contributed by atoms with Gasteiger partial charge in [-0.25, -0.2) is 8.42 Å². The summed E-state index contributed by atoms with van der Waals surface area (Å²) in [7, 11) is -3.02. The van der Waals surface area contributed by atoms with Crippen LogP contribution in [-0.2, 0) is 14.6 Å². The van der Waals surface area contributed by atoms with Crippen molar-refractivity contribution in [2.45, 2.75) is 32.4 Å². The summed E-state index contributed by atoms with van der Waals surface area (Å²) >= 11 is 0. The van der Waals surface area contributed by atoms with E-state index in [0.717, 1.165) is 0 Å². The molecule has 1 N–H and O–H groups in total. The van der Waals surface area contributed by atoms with E-state index in [4.69, 9.17) is 0 Å². The first-order valence-electron chi connectivity index (χ1n) is 4.38. The van der Waals surface area contributed by atoms with E-state index < -0.39 is 9.84 Å². The van der Waals surface area contributed by atoms with Gasteiger partial charge in [-0.3, -0.25) is 4.79 Å². The molecule has 0 saturated carbocycles. The second kappa shape index (κ2) is 5.21. The summed E-state index contributed by atoms with van der Waals surface area (Å²) in [5.41, 5.74) is 0. The van der Waals surface area contributed by atoms with E-state index in [1.165, 1.54) is 0 Å². The first-order valence-corrected chi connectivity index (χ1v) is 6.10. The third kappa shape index (κ3) is 4.87. The molecule has 0 aromatic carbocycles. The Balaban J connectivity index is 3.84. The van der Waals surface area contributed by atoms with E-state index in [9.17, 15) is 13.2 Å². The average Bonchev–Trinajstić information content (AvgIpc) is 2.03. The standard InChI is InChI=1S/C8H17NO3S/c1-4-8(10)9-5-6-13(11,12)7(2)3/h7H,4-6H2,1-3H3,(H,9,10). The van der Waals surface area contributed by atoms with Gasteiger partial charge in [-0.15, -0.1) is 0 Å². The van der Waals surface area contributed by atoms with Gasteiger partial charge >= 0.3 is 0 Å². The number of hydrogen-bond acceptors (Lipinski definition) is 3. The monoisotopic (exact) mass is 207 g/mol.